The summed E-state index contributed by atoms with van der Waals surface area (Å²) in [5.41, 5.74) is 0.451. The molecule has 1 atom stereocenters. The molecule has 0 amide bonds. The third-order valence-corrected chi connectivity index (χ3v) is 2.40. The fourth-order valence-corrected chi connectivity index (χ4v) is 1.73. The monoisotopic (exact) mass is 291 g/mol. The Morgan fingerprint density at radius 2 is 2.05 bits per heavy atom. The maximum Gasteiger partial charge on any atom is 0.573 e. The average Bonchev–Trinajstić information content (AvgIpc) is 2.25. The minimum atomic E-state index is -4.76. The molecule has 20 heavy (non-hydrogen) atoms. The number of hydrogen-bond acceptors (Lipinski definition) is 3. The summed E-state index contributed by atoms with van der Waals surface area (Å²) < 4.78 is 40.1. The van der Waals surface area contributed by atoms with Crippen molar-refractivity contribution in [2.45, 2.75) is 38.7 Å². The van der Waals surface area contributed by atoms with Crippen LogP contribution < -0.4 is 10.1 Å². The molecule has 0 fully saturated rings. The van der Waals surface area contributed by atoms with Crippen molar-refractivity contribution < 1.29 is 27.8 Å². The van der Waals surface area contributed by atoms with Crippen molar-refractivity contribution in [3.63, 3.8) is 0 Å². The number of benzene rings is 1. The first-order valence-corrected chi connectivity index (χ1v) is 6.01. The number of nitrogens with one attached hydrogen (secondary N) is 1. The van der Waals surface area contributed by atoms with E-state index in [0.29, 0.717) is 5.56 Å². The van der Waals surface area contributed by atoms with Gasteiger partial charge in [0.25, 0.3) is 0 Å². The van der Waals surface area contributed by atoms with E-state index in [1.807, 2.05) is 0 Å². The van der Waals surface area contributed by atoms with Gasteiger partial charge in [-0.15, -0.1) is 13.2 Å². The first kappa shape index (κ1) is 16.3. The van der Waals surface area contributed by atoms with E-state index in [1.54, 1.807) is 19.9 Å². The van der Waals surface area contributed by atoms with Crippen molar-refractivity contribution in [1.82, 2.24) is 5.32 Å². The highest BCUT2D eigenvalue weighted by Crippen LogP contribution is 2.23. The fraction of sp³-hybridized carbons (Fsp3) is 0.462. The molecule has 0 bridgehead atoms. The van der Waals surface area contributed by atoms with E-state index in [1.165, 1.54) is 18.2 Å². The van der Waals surface area contributed by atoms with Crippen molar-refractivity contribution in [2.75, 3.05) is 0 Å². The predicted octanol–water partition coefficient (Wildman–Crippen LogP) is 2.58. The van der Waals surface area contributed by atoms with Gasteiger partial charge in [-0.05, 0) is 24.1 Å². The highest BCUT2D eigenvalue weighted by molar-refractivity contribution is 5.74. The fourth-order valence-electron chi connectivity index (χ4n) is 1.73. The van der Waals surface area contributed by atoms with Gasteiger partial charge in [0.2, 0.25) is 0 Å². The van der Waals surface area contributed by atoms with Crippen LogP contribution in [0.2, 0.25) is 0 Å². The van der Waals surface area contributed by atoms with Gasteiger partial charge in [0.05, 0.1) is 0 Å². The maximum absolute atomic E-state index is 12.1. The summed E-state index contributed by atoms with van der Waals surface area (Å²) in [6, 6.07) is 4.39. The van der Waals surface area contributed by atoms with Gasteiger partial charge in [-0.2, -0.15) is 0 Å². The standard InChI is InChI=1S/C13H16F3NO3/c1-8(2)17-11(12(18)19)7-9-4-3-5-10(6-9)20-13(14,15)16/h3-6,8,11,17H,7H2,1-2H3,(H,18,19). The molecule has 0 heterocycles. The molecule has 4 nitrogen and oxygen atoms in total. The van der Waals surface area contributed by atoms with Crippen LogP contribution in [-0.4, -0.2) is 29.5 Å². The van der Waals surface area contributed by atoms with Crippen LogP contribution in [0.1, 0.15) is 19.4 Å². The van der Waals surface area contributed by atoms with Crippen LogP contribution in [0.25, 0.3) is 0 Å². The Balaban J connectivity index is 2.80. The number of carboxylic acids is 1. The summed E-state index contributed by atoms with van der Waals surface area (Å²) in [5, 5.41) is 11.9. The molecule has 0 aromatic heterocycles. The number of ether oxygens (including phenoxy) is 1. The van der Waals surface area contributed by atoms with Crippen LogP contribution in [0.15, 0.2) is 24.3 Å². The molecule has 7 heteroatoms. The van der Waals surface area contributed by atoms with E-state index in [4.69, 9.17) is 5.11 Å². The summed E-state index contributed by atoms with van der Waals surface area (Å²) in [6.45, 7) is 3.58. The van der Waals surface area contributed by atoms with Crippen molar-refractivity contribution in [1.29, 1.82) is 0 Å². The summed E-state index contributed by atoms with van der Waals surface area (Å²) in [4.78, 5) is 11.1. The molecule has 0 spiro atoms. The minimum absolute atomic E-state index is 0.0503. The largest absolute Gasteiger partial charge is 0.573 e. The van der Waals surface area contributed by atoms with E-state index in [0.717, 1.165) is 0 Å². The van der Waals surface area contributed by atoms with Crippen molar-refractivity contribution in [3.05, 3.63) is 29.8 Å². The van der Waals surface area contributed by atoms with Crippen LogP contribution in [0.5, 0.6) is 5.75 Å². The molecule has 2 N–H and O–H groups in total. The molecule has 0 aliphatic carbocycles. The number of hydrogen-bond donors (Lipinski definition) is 2. The Bertz CT molecular complexity index is 460. The lowest BCUT2D eigenvalue weighted by Gasteiger charge is -2.17. The summed E-state index contributed by atoms with van der Waals surface area (Å²) in [5.74, 6) is -1.41. The summed E-state index contributed by atoms with van der Waals surface area (Å²) in [7, 11) is 0. The Kier molecular flexibility index (Phi) is 5.38. The second kappa shape index (κ2) is 6.60. The SMILES string of the molecule is CC(C)NC(Cc1cccc(OC(F)(F)F)c1)C(=O)O. The Labute approximate surface area is 114 Å². The van der Waals surface area contributed by atoms with Crippen molar-refractivity contribution in [2.24, 2.45) is 0 Å². The molecule has 1 aromatic carbocycles. The van der Waals surface area contributed by atoms with Crippen molar-refractivity contribution in [3.8, 4) is 5.75 Å². The normalized spacial score (nSPS) is 13.3. The lowest BCUT2D eigenvalue weighted by Crippen LogP contribution is -2.42. The second-order valence-corrected chi connectivity index (χ2v) is 4.61. The van der Waals surface area contributed by atoms with E-state index < -0.39 is 18.4 Å². The maximum atomic E-state index is 12.1. The summed E-state index contributed by atoms with van der Waals surface area (Å²) >= 11 is 0. The molecule has 0 saturated carbocycles. The van der Waals surface area contributed by atoms with Crippen LogP contribution in [0.3, 0.4) is 0 Å². The van der Waals surface area contributed by atoms with Gasteiger partial charge in [-0.25, -0.2) is 0 Å². The van der Waals surface area contributed by atoms with E-state index in [-0.39, 0.29) is 18.2 Å². The zero-order valence-electron chi connectivity index (χ0n) is 11.1. The first-order valence-electron chi connectivity index (χ1n) is 6.01. The van der Waals surface area contributed by atoms with E-state index in [9.17, 15) is 18.0 Å². The Morgan fingerprint density at radius 1 is 1.40 bits per heavy atom. The molecule has 0 aliphatic heterocycles. The number of carbonyl (C=O) groups is 1. The van der Waals surface area contributed by atoms with Gasteiger partial charge in [0.1, 0.15) is 11.8 Å². The van der Waals surface area contributed by atoms with Gasteiger partial charge in [-0.1, -0.05) is 26.0 Å². The van der Waals surface area contributed by atoms with Gasteiger partial charge < -0.3 is 15.2 Å². The number of halogens is 3. The average molecular weight is 291 g/mol. The lowest BCUT2D eigenvalue weighted by atomic mass is 10.1. The van der Waals surface area contributed by atoms with Gasteiger partial charge in [-0.3, -0.25) is 4.79 Å². The minimum Gasteiger partial charge on any atom is -0.480 e. The molecule has 0 saturated heterocycles. The van der Waals surface area contributed by atoms with Crippen molar-refractivity contribution >= 4 is 5.97 Å². The van der Waals surface area contributed by atoms with Crippen LogP contribution in [-0.2, 0) is 11.2 Å². The van der Waals surface area contributed by atoms with E-state index in [2.05, 4.69) is 10.1 Å². The molecular formula is C13H16F3NO3. The number of carboxylic acid groups (broad SMARTS) is 1. The van der Waals surface area contributed by atoms with Crippen LogP contribution in [0, 0.1) is 0 Å². The zero-order valence-corrected chi connectivity index (χ0v) is 11.1. The second-order valence-electron chi connectivity index (χ2n) is 4.61. The van der Waals surface area contributed by atoms with Gasteiger partial charge in [0, 0.05) is 6.04 Å². The molecule has 0 aliphatic rings. The zero-order chi connectivity index (χ0) is 15.3. The van der Waals surface area contributed by atoms with Crippen LogP contribution >= 0.6 is 0 Å². The number of alkyl halides is 3. The van der Waals surface area contributed by atoms with Gasteiger partial charge >= 0.3 is 12.3 Å². The Morgan fingerprint density at radius 3 is 2.55 bits per heavy atom. The Hall–Kier alpha value is -1.76. The smallest absolute Gasteiger partial charge is 0.480 e. The predicted molar refractivity (Wildman–Crippen MR) is 66.5 cm³/mol. The molecule has 0 radical (unpaired) electrons. The lowest BCUT2D eigenvalue weighted by molar-refractivity contribution is -0.274. The topological polar surface area (TPSA) is 58.6 Å². The molecule has 1 rings (SSSR count). The number of rotatable bonds is 6. The molecule has 1 unspecified atom stereocenters. The van der Waals surface area contributed by atoms with E-state index >= 15 is 0 Å². The van der Waals surface area contributed by atoms with Crippen LogP contribution in [0.4, 0.5) is 13.2 Å². The number of aliphatic carboxylic acids is 1. The highest BCUT2D eigenvalue weighted by atomic mass is 19.4. The summed E-state index contributed by atoms with van der Waals surface area (Å²) in [6.07, 6.45) is -4.69. The first-order chi connectivity index (χ1) is 9.17. The third-order valence-electron chi connectivity index (χ3n) is 2.40. The molecule has 112 valence electrons. The quantitative estimate of drug-likeness (QED) is 0.845. The molecule has 1 aromatic rings. The van der Waals surface area contributed by atoms with Gasteiger partial charge in [0.15, 0.2) is 0 Å². The highest BCUT2D eigenvalue weighted by Gasteiger charge is 2.31. The molecular weight excluding hydrogens is 275 g/mol. The third kappa shape index (κ3) is 5.92.